The lowest BCUT2D eigenvalue weighted by atomic mass is 9.82. The fraction of sp³-hybridized carbons (Fsp3) is 0.588. The Labute approximate surface area is 134 Å². The van der Waals surface area contributed by atoms with Crippen LogP contribution in [0.15, 0.2) is 30.3 Å². The maximum Gasteiger partial charge on any atom is 0.224 e. The highest BCUT2D eigenvalue weighted by molar-refractivity contribution is 5.85. The molecule has 0 aromatic heterocycles. The average Bonchev–Trinajstić information content (AvgIpc) is 2.45. The fourth-order valence-corrected chi connectivity index (χ4v) is 2.78. The predicted octanol–water partition coefficient (Wildman–Crippen LogP) is 3.31. The largest absolute Gasteiger partial charge is 0.348 e. The summed E-state index contributed by atoms with van der Waals surface area (Å²) in [6.07, 6.45) is 2.08. The molecule has 118 valence electrons. The molecule has 0 saturated carbocycles. The minimum absolute atomic E-state index is 0. The van der Waals surface area contributed by atoms with Gasteiger partial charge in [0.1, 0.15) is 0 Å². The van der Waals surface area contributed by atoms with Gasteiger partial charge in [-0.2, -0.15) is 0 Å². The summed E-state index contributed by atoms with van der Waals surface area (Å²) < 4.78 is 0. The van der Waals surface area contributed by atoms with E-state index in [0.717, 1.165) is 25.9 Å². The summed E-state index contributed by atoms with van der Waals surface area (Å²) in [5.41, 5.74) is 1.18. The summed E-state index contributed by atoms with van der Waals surface area (Å²) >= 11 is 0. The molecule has 3 nitrogen and oxygen atoms in total. The van der Waals surface area contributed by atoms with Crippen molar-refractivity contribution in [1.82, 2.24) is 10.6 Å². The van der Waals surface area contributed by atoms with Crippen molar-refractivity contribution < 1.29 is 4.79 Å². The molecule has 1 aliphatic heterocycles. The third-order valence-electron chi connectivity index (χ3n) is 3.95. The first-order valence-corrected chi connectivity index (χ1v) is 7.54. The van der Waals surface area contributed by atoms with Gasteiger partial charge in [0.15, 0.2) is 0 Å². The van der Waals surface area contributed by atoms with Crippen LogP contribution in [-0.2, 0) is 4.79 Å². The number of amides is 1. The van der Waals surface area contributed by atoms with E-state index in [4.69, 9.17) is 0 Å². The predicted molar refractivity (Wildman–Crippen MR) is 89.6 cm³/mol. The Hall–Kier alpha value is -1.06. The summed E-state index contributed by atoms with van der Waals surface area (Å²) in [6, 6.07) is 10.3. The Morgan fingerprint density at radius 1 is 1.29 bits per heavy atom. The van der Waals surface area contributed by atoms with E-state index in [1.807, 2.05) is 18.2 Å². The van der Waals surface area contributed by atoms with E-state index in [2.05, 4.69) is 43.5 Å². The van der Waals surface area contributed by atoms with Crippen molar-refractivity contribution in [2.75, 3.05) is 13.1 Å². The minimum Gasteiger partial charge on any atom is -0.348 e. The number of hydrogen-bond acceptors (Lipinski definition) is 2. The van der Waals surface area contributed by atoms with Crippen molar-refractivity contribution in [2.45, 2.75) is 39.7 Å². The van der Waals surface area contributed by atoms with Gasteiger partial charge in [-0.25, -0.2) is 0 Å². The molecule has 1 amide bonds. The lowest BCUT2D eigenvalue weighted by Gasteiger charge is -2.34. The van der Waals surface area contributed by atoms with Gasteiger partial charge >= 0.3 is 0 Å². The van der Waals surface area contributed by atoms with E-state index in [1.165, 1.54) is 5.56 Å². The van der Waals surface area contributed by atoms with Crippen LogP contribution in [0.5, 0.6) is 0 Å². The van der Waals surface area contributed by atoms with Crippen molar-refractivity contribution in [2.24, 2.45) is 11.3 Å². The Kier molecular flexibility index (Phi) is 6.69. The summed E-state index contributed by atoms with van der Waals surface area (Å²) in [5, 5.41) is 6.57. The van der Waals surface area contributed by atoms with Crippen LogP contribution >= 0.6 is 12.4 Å². The number of carbonyl (C=O) groups excluding carboxylic acids is 1. The topological polar surface area (TPSA) is 41.1 Å². The smallest absolute Gasteiger partial charge is 0.224 e. The highest BCUT2D eigenvalue weighted by atomic mass is 35.5. The molecule has 0 radical (unpaired) electrons. The van der Waals surface area contributed by atoms with Crippen molar-refractivity contribution in [3.8, 4) is 0 Å². The van der Waals surface area contributed by atoms with Crippen LogP contribution < -0.4 is 10.6 Å². The van der Waals surface area contributed by atoms with Crippen LogP contribution in [0.3, 0.4) is 0 Å². The summed E-state index contributed by atoms with van der Waals surface area (Å²) in [6.45, 7) is 8.35. The third-order valence-corrected chi connectivity index (χ3v) is 3.95. The Morgan fingerprint density at radius 2 is 1.95 bits per heavy atom. The van der Waals surface area contributed by atoms with Gasteiger partial charge in [-0.15, -0.1) is 12.4 Å². The standard InChI is InChI=1S/C17H26N2O.ClH/c1-17(2,3)15(13-8-5-4-6-9-13)19-16(20)14-10-7-11-18-12-14;/h4-6,8-9,14-15,18H,7,10-12H2,1-3H3,(H,19,20);1H. The zero-order valence-corrected chi connectivity index (χ0v) is 14.0. The second-order valence-electron chi connectivity index (χ2n) is 6.76. The fourth-order valence-electron chi connectivity index (χ4n) is 2.78. The maximum atomic E-state index is 12.5. The average molecular weight is 311 g/mol. The Morgan fingerprint density at radius 3 is 2.48 bits per heavy atom. The van der Waals surface area contributed by atoms with Crippen molar-refractivity contribution in [3.05, 3.63) is 35.9 Å². The van der Waals surface area contributed by atoms with Crippen LogP contribution in [0.1, 0.15) is 45.2 Å². The minimum atomic E-state index is -0.000884. The molecule has 1 aromatic carbocycles. The molecule has 2 unspecified atom stereocenters. The van der Waals surface area contributed by atoms with Crippen LogP contribution in [0.4, 0.5) is 0 Å². The number of benzene rings is 1. The van der Waals surface area contributed by atoms with E-state index < -0.39 is 0 Å². The highest BCUT2D eigenvalue weighted by Gasteiger charge is 2.30. The number of nitrogens with one attached hydrogen (secondary N) is 2. The van der Waals surface area contributed by atoms with Crippen LogP contribution in [0.25, 0.3) is 0 Å². The molecule has 1 fully saturated rings. The molecule has 0 bridgehead atoms. The molecule has 2 rings (SSSR count). The van der Waals surface area contributed by atoms with E-state index in [0.29, 0.717) is 0 Å². The summed E-state index contributed by atoms with van der Waals surface area (Å²) in [7, 11) is 0. The van der Waals surface area contributed by atoms with Crippen molar-refractivity contribution >= 4 is 18.3 Å². The quantitative estimate of drug-likeness (QED) is 0.899. The third kappa shape index (κ3) is 5.01. The van der Waals surface area contributed by atoms with Crippen LogP contribution in [-0.4, -0.2) is 19.0 Å². The molecule has 21 heavy (non-hydrogen) atoms. The molecule has 0 aliphatic carbocycles. The number of rotatable bonds is 3. The highest BCUT2D eigenvalue weighted by Crippen LogP contribution is 2.33. The van der Waals surface area contributed by atoms with Crippen LogP contribution in [0.2, 0.25) is 0 Å². The Balaban J connectivity index is 0.00000220. The molecular weight excluding hydrogens is 284 g/mol. The van der Waals surface area contributed by atoms with Gasteiger partial charge < -0.3 is 10.6 Å². The first kappa shape index (κ1) is 18.0. The normalized spacial score (nSPS) is 20.2. The van der Waals surface area contributed by atoms with Crippen molar-refractivity contribution in [3.63, 3.8) is 0 Å². The second kappa shape index (κ2) is 7.81. The maximum absolute atomic E-state index is 12.5. The molecule has 1 saturated heterocycles. The summed E-state index contributed by atoms with van der Waals surface area (Å²) in [4.78, 5) is 12.5. The van der Waals surface area contributed by atoms with Gasteiger partial charge in [0.25, 0.3) is 0 Å². The number of carbonyl (C=O) groups is 1. The van der Waals surface area contributed by atoms with Gasteiger partial charge in [0, 0.05) is 6.54 Å². The molecule has 2 atom stereocenters. The summed E-state index contributed by atoms with van der Waals surface area (Å²) in [5.74, 6) is 0.290. The first-order chi connectivity index (χ1) is 9.48. The molecule has 2 N–H and O–H groups in total. The number of piperidine rings is 1. The SMILES string of the molecule is CC(C)(C)C(NC(=O)C1CCCNC1)c1ccccc1.Cl. The van der Waals surface area contributed by atoms with E-state index in [-0.39, 0.29) is 35.7 Å². The molecule has 1 aromatic rings. The molecular formula is C17H27ClN2O. The molecule has 0 spiro atoms. The van der Waals surface area contributed by atoms with Crippen molar-refractivity contribution in [1.29, 1.82) is 0 Å². The Bertz CT molecular complexity index is 436. The molecule has 1 aliphatic rings. The lowest BCUT2D eigenvalue weighted by Crippen LogP contribution is -2.44. The zero-order chi connectivity index (χ0) is 14.6. The van der Waals surface area contributed by atoms with Gasteiger partial charge in [0.2, 0.25) is 5.91 Å². The van der Waals surface area contributed by atoms with Crippen LogP contribution in [0, 0.1) is 11.3 Å². The van der Waals surface area contributed by atoms with E-state index in [9.17, 15) is 4.79 Å². The van der Waals surface area contributed by atoms with Gasteiger partial charge in [-0.05, 0) is 30.4 Å². The monoisotopic (exact) mass is 310 g/mol. The number of hydrogen-bond donors (Lipinski definition) is 2. The first-order valence-electron chi connectivity index (χ1n) is 7.54. The lowest BCUT2D eigenvalue weighted by molar-refractivity contribution is -0.127. The second-order valence-corrected chi connectivity index (χ2v) is 6.76. The van der Waals surface area contributed by atoms with E-state index in [1.54, 1.807) is 0 Å². The van der Waals surface area contributed by atoms with E-state index >= 15 is 0 Å². The van der Waals surface area contributed by atoms with Gasteiger partial charge in [-0.1, -0.05) is 51.1 Å². The van der Waals surface area contributed by atoms with Gasteiger partial charge in [-0.3, -0.25) is 4.79 Å². The zero-order valence-electron chi connectivity index (χ0n) is 13.2. The molecule has 4 heteroatoms. The van der Waals surface area contributed by atoms with Gasteiger partial charge in [0.05, 0.1) is 12.0 Å². The number of halogens is 1. The molecule has 1 heterocycles.